The van der Waals surface area contributed by atoms with Crippen molar-refractivity contribution in [1.82, 2.24) is 10.2 Å². The molecule has 84 valence electrons. The minimum atomic E-state index is 0.597. The molecule has 1 aliphatic carbocycles. The third-order valence-corrected chi connectivity index (χ3v) is 3.46. The Labute approximate surface area is 89.1 Å². The topological polar surface area (TPSA) is 15.3 Å². The number of hydrogen-bond acceptors (Lipinski definition) is 2. The van der Waals surface area contributed by atoms with Gasteiger partial charge >= 0.3 is 0 Å². The van der Waals surface area contributed by atoms with E-state index in [9.17, 15) is 0 Å². The van der Waals surface area contributed by atoms with Crippen LogP contribution in [-0.4, -0.2) is 37.1 Å². The van der Waals surface area contributed by atoms with Crippen LogP contribution in [0.15, 0.2) is 0 Å². The average molecular weight is 198 g/mol. The highest BCUT2D eigenvalue weighted by molar-refractivity contribution is 4.83. The van der Waals surface area contributed by atoms with Gasteiger partial charge in [-0.3, -0.25) is 4.90 Å². The van der Waals surface area contributed by atoms with Gasteiger partial charge in [0.15, 0.2) is 0 Å². The van der Waals surface area contributed by atoms with Gasteiger partial charge in [0.05, 0.1) is 0 Å². The van der Waals surface area contributed by atoms with E-state index in [0.29, 0.717) is 12.1 Å². The molecule has 2 heteroatoms. The van der Waals surface area contributed by atoms with Crippen molar-refractivity contribution in [3.63, 3.8) is 0 Å². The Morgan fingerprint density at radius 1 is 1.36 bits per heavy atom. The zero-order valence-electron chi connectivity index (χ0n) is 10.2. The number of hydrogen-bond donors (Lipinski definition) is 1. The van der Waals surface area contributed by atoms with Gasteiger partial charge in [-0.25, -0.2) is 0 Å². The molecule has 1 aliphatic rings. The first kappa shape index (κ1) is 12.0. The fourth-order valence-corrected chi connectivity index (χ4v) is 1.94. The Kier molecular flexibility index (Phi) is 4.90. The molecule has 0 spiro atoms. The zero-order valence-corrected chi connectivity index (χ0v) is 10.2. The molecule has 0 aromatic carbocycles. The second-order valence-electron chi connectivity index (χ2n) is 4.76. The predicted octanol–water partition coefficient (Wildman–Crippen LogP) is 2.10. The van der Waals surface area contributed by atoms with Crippen molar-refractivity contribution >= 4 is 0 Å². The van der Waals surface area contributed by atoms with Crippen molar-refractivity contribution in [1.29, 1.82) is 0 Å². The first-order chi connectivity index (χ1) is 6.69. The molecule has 0 bridgehead atoms. The lowest BCUT2D eigenvalue weighted by Crippen LogP contribution is -2.46. The molecule has 0 aliphatic heterocycles. The van der Waals surface area contributed by atoms with Gasteiger partial charge in [-0.1, -0.05) is 6.92 Å². The van der Waals surface area contributed by atoms with Gasteiger partial charge in [0.25, 0.3) is 0 Å². The van der Waals surface area contributed by atoms with E-state index >= 15 is 0 Å². The lowest BCUT2D eigenvalue weighted by Gasteiger charge is -2.33. The van der Waals surface area contributed by atoms with E-state index in [1.165, 1.54) is 32.4 Å². The summed E-state index contributed by atoms with van der Waals surface area (Å²) in [6.45, 7) is 9.47. The van der Waals surface area contributed by atoms with E-state index in [0.717, 1.165) is 5.92 Å². The van der Waals surface area contributed by atoms with E-state index in [1.807, 2.05) is 0 Å². The van der Waals surface area contributed by atoms with Crippen molar-refractivity contribution in [3.8, 4) is 0 Å². The van der Waals surface area contributed by atoms with E-state index in [-0.39, 0.29) is 0 Å². The second kappa shape index (κ2) is 5.72. The van der Waals surface area contributed by atoms with Gasteiger partial charge in [0.1, 0.15) is 0 Å². The van der Waals surface area contributed by atoms with Gasteiger partial charge in [-0.05, 0) is 52.6 Å². The van der Waals surface area contributed by atoms with Crippen LogP contribution in [0.2, 0.25) is 0 Å². The first-order valence-corrected chi connectivity index (χ1v) is 6.10. The Bertz CT molecular complexity index is 154. The molecule has 14 heavy (non-hydrogen) atoms. The highest BCUT2D eigenvalue weighted by atomic mass is 15.2. The maximum atomic E-state index is 3.36. The minimum absolute atomic E-state index is 0.597. The molecule has 1 fully saturated rings. The Hall–Kier alpha value is -0.0800. The van der Waals surface area contributed by atoms with Crippen LogP contribution >= 0.6 is 0 Å². The van der Waals surface area contributed by atoms with Crippen LogP contribution in [0.4, 0.5) is 0 Å². The quantitative estimate of drug-likeness (QED) is 0.674. The van der Waals surface area contributed by atoms with E-state index < -0.39 is 0 Å². The highest BCUT2D eigenvalue weighted by Crippen LogP contribution is 2.30. The predicted molar refractivity (Wildman–Crippen MR) is 62.6 cm³/mol. The monoisotopic (exact) mass is 198 g/mol. The van der Waals surface area contributed by atoms with Gasteiger partial charge in [0.2, 0.25) is 0 Å². The summed E-state index contributed by atoms with van der Waals surface area (Å²) in [5, 5.41) is 3.36. The number of nitrogens with one attached hydrogen (secondary N) is 1. The maximum absolute atomic E-state index is 3.36. The van der Waals surface area contributed by atoms with E-state index in [2.05, 4.69) is 38.0 Å². The van der Waals surface area contributed by atoms with Crippen LogP contribution in [0, 0.1) is 5.92 Å². The molecule has 0 radical (unpaired) electrons. The molecule has 1 saturated carbocycles. The number of nitrogens with zero attached hydrogens (tertiary/aromatic N) is 1. The van der Waals surface area contributed by atoms with Crippen LogP contribution < -0.4 is 5.32 Å². The van der Waals surface area contributed by atoms with Crippen molar-refractivity contribution in [2.75, 3.05) is 20.1 Å². The molecule has 0 heterocycles. The summed E-state index contributed by atoms with van der Waals surface area (Å²) in [6.07, 6.45) is 4.19. The minimum Gasteiger partial charge on any atom is -0.316 e. The number of rotatable bonds is 7. The lowest BCUT2D eigenvalue weighted by atomic mass is 10.1. The summed E-state index contributed by atoms with van der Waals surface area (Å²) < 4.78 is 0. The Morgan fingerprint density at radius 2 is 2.00 bits per heavy atom. The van der Waals surface area contributed by atoms with Gasteiger partial charge in [0, 0.05) is 18.6 Å². The molecule has 1 N–H and O–H groups in total. The first-order valence-electron chi connectivity index (χ1n) is 6.10. The molecule has 0 aromatic rings. The summed E-state index contributed by atoms with van der Waals surface area (Å²) in [4.78, 5) is 2.65. The fourth-order valence-electron chi connectivity index (χ4n) is 1.94. The van der Waals surface area contributed by atoms with E-state index in [1.54, 1.807) is 0 Å². The molecular formula is C12H26N2. The Morgan fingerprint density at radius 3 is 2.43 bits per heavy atom. The van der Waals surface area contributed by atoms with E-state index in [4.69, 9.17) is 0 Å². The van der Waals surface area contributed by atoms with Gasteiger partial charge in [-0.15, -0.1) is 0 Å². The van der Waals surface area contributed by atoms with Gasteiger partial charge in [-0.2, -0.15) is 0 Å². The highest BCUT2D eigenvalue weighted by Gasteiger charge is 2.27. The third kappa shape index (κ3) is 3.58. The second-order valence-corrected chi connectivity index (χ2v) is 4.76. The van der Waals surface area contributed by atoms with Crippen molar-refractivity contribution < 1.29 is 0 Å². The summed E-state index contributed by atoms with van der Waals surface area (Å²) in [5.74, 6) is 1.01. The zero-order chi connectivity index (χ0) is 10.6. The lowest BCUT2D eigenvalue weighted by molar-refractivity contribution is 0.171. The third-order valence-electron chi connectivity index (χ3n) is 3.46. The maximum Gasteiger partial charge on any atom is 0.0218 e. The molecule has 2 atom stereocenters. The standard InChI is InChI=1S/C12H26N2/c1-5-8-14(9-12-6-7-12)11(3)10(2)13-4/h10-13H,5-9H2,1-4H3. The van der Waals surface area contributed by atoms with Crippen LogP contribution in [0.1, 0.15) is 40.0 Å². The van der Waals surface area contributed by atoms with Gasteiger partial charge < -0.3 is 5.32 Å². The van der Waals surface area contributed by atoms with Crippen LogP contribution in [0.25, 0.3) is 0 Å². The fraction of sp³-hybridized carbons (Fsp3) is 1.00. The SMILES string of the molecule is CCCN(CC1CC1)C(C)C(C)NC. The summed E-state index contributed by atoms with van der Waals surface area (Å²) in [6, 6.07) is 1.26. The summed E-state index contributed by atoms with van der Waals surface area (Å²) in [5.41, 5.74) is 0. The smallest absolute Gasteiger partial charge is 0.0218 e. The van der Waals surface area contributed by atoms with Crippen LogP contribution in [0.3, 0.4) is 0 Å². The summed E-state index contributed by atoms with van der Waals surface area (Å²) >= 11 is 0. The molecule has 2 nitrogen and oxygen atoms in total. The molecular weight excluding hydrogens is 172 g/mol. The molecule has 2 unspecified atom stereocenters. The van der Waals surface area contributed by atoms with Crippen LogP contribution in [-0.2, 0) is 0 Å². The van der Waals surface area contributed by atoms with Crippen LogP contribution in [0.5, 0.6) is 0 Å². The largest absolute Gasteiger partial charge is 0.316 e. The van der Waals surface area contributed by atoms with Crippen molar-refractivity contribution in [2.24, 2.45) is 5.92 Å². The normalized spacial score (nSPS) is 21.2. The molecule has 1 rings (SSSR count). The summed E-state index contributed by atoms with van der Waals surface area (Å²) in [7, 11) is 2.06. The molecule has 0 saturated heterocycles. The van der Waals surface area contributed by atoms with Crippen molar-refractivity contribution in [2.45, 2.75) is 52.1 Å². The Balaban J connectivity index is 2.37. The number of likely N-dealkylation sites (N-methyl/N-ethyl adjacent to an activating group) is 1. The molecule has 0 aromatic heterocycles. The van der Waals surface area contributed by atoms with Crippen molar-refractivity contribution in [3.05, 3.63) is 0 Å². The average Bonchev–Trinajstić information content (AvgIpc) is 2.98. The molecule has 0 amide bonds.